The lowest BCUT2D eigenvalue weighted by Gasteiger charge is -2.27. The quantitative estimate of drug-likeness (QED) is 0.875. The molecular weight excluding hydrogens is 232 g/mol. The molecule has 100 valence electrons. The molecule has 2 nitrogen and oxygen atoms in total. The average Bonchev–Trinajstić information content (AvgIpc) is 2.47. The average molecular weight is 254 g/mol. The molecule has 1 heterocycles. The Kier molecular flexibility index (Phi) is 3.52. The molecule has 3 rings (SSSR count). The first-order valence-electron chi connectivity index (χ1n) is 7.37. The summed E-state index contributed by atoms with van der Waals surface area (Å²) < 4.78 is 0. The van der Waals surface area contributed by atoms with E-state index in [9.17, 15) is 0 Å². The number of hydrogen-bond acceptors (Lipinski definition) is 2. The van der Waals surface area contributed by atoms with E-state index in [4.69, 9.17) is 5.73 Å². The number of pyridine rings is 1. The van der Waals surface area contributed by atoms with Gasteiger partial charge in [0.05, 0.1) is 5.52 Å². The Hall–Kier alpha value is -1.41. The molecule has 19 heavy (non-hydrogen) atoms. The minimum Gasteiger partial charge on any atom is -0.324 e. The maximum absolute atomic E-state index is 6.47. The molecule has 0 amide bonds. The Bertz CT molecular complexity index is 570. The maximum Gasteiger partial charge on any atom is 0.0705 e. The minimum absolute atomic E-state index is 0.186. The van der Waals surface area contributed by atoms with E-state index in [0.29, 0.717) is 5.92 Å². The lowest BCUT2D eigenvalue weighted by molar-refractivity contribution is 0.308. The third kappa shape index (κ3) is 2.64. The van der Waals surface area contributed by atoms with Gasteiger partial charge in [-0.15, -0.1) is 0 Å². The van der Waals surface area contributed by atoms with Crippen LogP contribution >= 0.6 is 0 Å². The molecule has 1 unspecified atom stereocenters. The second-order valence-corrected chi connectivity index (χ2v) is 5.83. The van der Waals surface area contributed by atoms with Gasteiger partial charge in [0, 0.05) is 17.1 Å². The number of benzene rings is 1. The summed E-state index contributed by atoms with van der Waals surface area (Å²) in [5.74, 6) is 0.657. The van der Waals surface area contributed by atoms with Crippen molar-refractivity contribution in [3.63, 3.8) is 0 Å². The van der Waals surface area contributed by atoms with Crippen molar-refractivity contribution in [3.8, 4) is 0 Å². The topological polar surface area (TPSA) is 38.9 Å². The first kappa shape index (κ1) is 12.6. The molecule has 1 aliphatic carbocycles. The Labute approximate surface area is 115 Å². The van der Waals surface area contributed by atoms with Crippen molar-refractivity contribution in [1.29, 1.82) is 0 Å². The van der Waals surface area contributed by atoms with Crippen LogP contribution < -0.4 is 5.73 Å². The molecule has 1 saturated carbocycles. The van der Waals surface area contributed by atoms with Crippen LogP contribution in [-0.4, -0.2) is 4.98 Å². The van der Waals surface area contributed by atoms with E-state index in [2.05, 4.69) is 35.3 Å². The highest BCUT2D eigenvalue weighted by atomic mass is 14.7. The third-order valence-corrected chi connectivity index (χ3v) is 4.40. The second-order valence-electron chi connectivity index (χ2n) is 5.83. The smallest absolute Gasteiger partial charge is 0.0705 e. The second kappa shape index (κ2) is 5.30. The van der Waals surface area contributed by atoms with Crippen LogP contribution in [-0.2, 0) is 0 Å². The van der Waals surface area contributed by atoms with Crippen molar-refractivity contribution in [2.75, 3.05) is 0 Å². The molecule has 0 saturated heterocycles. The summed E-state index contributed by atoms with van der Waals surface area (Å²) in [6, 6.07) is 10.9. The predicted octanol–water partition coefficient (Wildman–Crippen LogP) is 4.12. The van der Waals surface area contributed by atoms with Crippen LogP contribution in [0.2, 0.25) is 0 Å². The van der Waals surface area contributed by atoms with Crippen molar-refractivity contribution in [2.24, 2.45) is 11.7 Å². The van der Waals surface area contributed by atoms with Crippen LogP contribution in [0.15, 0.2) is 30.3 Å². The highest BCUT2D eigenvalue weighted by molar-refractivity contribution is 5.79. The van der Waals surface area contributed by atoms with Crippen molar-refractivity contribution in [1.82, 2.24) is 4.98 Å². The molecule has 2 aromatic rings. The monoisotopic (exact) mass is 254 g/mol. The van der Waals surface area contributed by atoms with Crippen molar-refractivity contribution < 1.29 is 0 Å². The number of nitrogens with two attached hydrogens (primary N) is 1. The first-order valence-corrected chi connectivity index (χ1v) is 7.37. The lowest BCUT2D eigenvalue weighted by atomic mass is 9.81. The Morgan fingerprint density at radius 2 is 1.89 bits per heavy atom. The van der Waals surface area contributed by atoms with Crippen LogP contribution in [0.5, 0.6) is 0 Å². The molecule has 2 N–H and O–H groups in total. The van der Waals surface area contributed by atoms with Gasteiger partial charge in [-0.25, -0.2) is 0 Å². The van der Waals surface area contributed by atoms with E-state index >= 15 is 0 Å². The number of nitrogens with zero attached hydrogens (tertiary/aromatic N) is 1. The van der Waals surface area contributed by atoms with E-state index in [0.717, 1.165) is 11.2 Å². The molecule has 0 spiro atoms. The SMILES string of the molecule is Cc1ccc2cc(C(N)C3CCCCC3)ccc2n1. The van der Waals surface area contributed by atoms with Gasteiger partial charge < -0.3 is 5.73 Å². The largest absolute Gasteiger partial charge is 0.324 e. The number of fused-ring (bicyclic) bond motifs is 1. The summed E-state index contributed by atoms with van der Waals surface area (Å²) in [7, 11) is 0. The Morgan fingerprint density at radius 1 is 1.11 bits per heavy atom. The molecule has 1 aliphatic rings. The molecule has 1 aromatic heterocycles. The van der Waals surface area contributed by atoms with Crippen molar-refractivity contribution in [3.05, 3.63) is 41.6 Å². The molecule has 1 fully saturated rings. The fourth-order valence-corrected chi connectivity index (χ4v) is 3.22. The zero-order valence-electron chi connectivity index (χ0n) is 11.6. The number of aromatic nitrogens is 1. The van der Waals surface area contributed by atoms with Gasteiger partial charge in [0.2, 0.25) is 0 Å². The highest BCUT2D eigenvalue weighted by Gasteiger charge is 2.21. The fraction of sp³-hybridized carbons (Fsp3) is 0.471. The van der Waals surface area contributed by atoms with Crippen molar-refractivity contribution >= 4 is 10.9 Å². The van der Waals surface area contributed by atoms with Gasteiger partial charge in [0.15, 0.2) is 0 Å². The van der Waals surface area contributed by atoms with E-state index in [1.807, 2.05) is 6.92 Å². The summed E-state index contributed by atoms with van der Waals surface area (Å²) >= 11 is 0. The van der Waals surface area contributed by atoms with Gasteiger partial charge in [-0.1, -0.05) is 31.4 Å². The molecule has 1 atom stereocenters. The van der Waals surface area contributed by atoms with Crippen LogP contribution in [0.4, 0.5) is 0 Å². The molecule has 2 heteroatoms. The van der Waals surface area contributed by atoms with E-state index < -0.39 is 0 Å². The number of rotatable bonds is 2. The van der Waals surface area contributed by atoms with E-state index in [-0.39, 0.29) is 6.04 Å². The summed E-state index contributed by atoms with van der Waals surface area (Å²) in [5.41, 5.74) is 9.87. The number of hydrogen-bond donors (Lipinski definition) is 1. The van der Waals surface area contributed by atoms with E-state index in [1.54, 1.807) is 0 Å². The number of aryl methyl sites for hydroxylation is 1. The van der Waals surface area contributed by atoms with Gasteiger partial charge >= 0.3 is 0 Å². The van der Waals surface area contributed by atoms with Crippen molar-refractivity contribution in [2.45, 2.75) is 45.1 Å². The Balaban J connectivity index is 1.89. The molecule has 0 radical (unpaired) electrons. The van der Waals surface area contributed by atoms with Crippen LogP contribution in [0.25, 0.3) is 10.9 Å². The highest BCUT2D eigenvalue weighted by Crippen LogP contribution is 2.33. The standard InChI is InChI=1S/C17H22N2/c1-12-7-8-14-11-15(9-10-16(14)19-12)17(18)13-5-3-2-4-6-13/h7-11,13,17H,2-6,18H2,1H3. The molecule has 0 bridgehead atoms. The summed E-state index contributed by atoms with van der Waals surface area (Å²) in [5, 5.41) is 1.20. The van der Waals surface area contributed by atoms with Crippen LogP contribution in [0, 0.1) is 12.8 Å². The summed E-state index contributed by atoms with van der Waals surface area (Å²) in [6.45, 7) is 2.03. The third-order valence-electron chi connectivity index (χ3n) is 4.40. The summed E-state index contributed by atoms with van der Waals surface area (Å²) in [6.07, 6.45) is 6.63. The minimum atomic E-state index is 0.186. The van der Waals surface area contributed by atoms with Crippen LogP contribution in [0.1, 0.15) is 49.4 Å². The van der Waals surface area contributed by atoms with E-state index in [1.165, 1.54) is 43.1 Å². The molecular formula is C17H22N2. The van der Waals surface area contributed by atoms with Crippen LogP contribution in [0.3, 0.4) is 0 Å². The lowest BCUT2D eigenvalue weighted by Crippen LogP contribution is -2.23. The molecule has 1 aromatic carbocycles. The van der Waals surface area contributed by atoms with Gasteiger partial charge in [-0.2, -0.15) is 0 Å². The fourth-order valence-electron chi connectivity index (χ4n) is 3.22. The van der Waals surface area contributed by atoms with Gasteiger partial charge in [0.1, 0.15) is 0 Å². The van der Waals surface area contributed by atoms with Gasteiger partial charge in [-0.3, -0.25) is 4.98 Å². The zero-order chi connectivity index (χ0) is 13.2. The normalized spacial score (nSPS) is 18.6. The molecule has 0 aliphatic heterocycles. The summed E-state index contributed by atoms with van der Waals surface area (Å²) in [4.78, 5) is 4.55. The first-order chi connectivity index (χ1) is 9.24. The van der Waals surface area contributed by atoms with Gasteiger partial charge in [-0.05, 0) is 49.4 Å². The van der Waals surface area contributed by atoms with Gasteiger partial charge in [0.25, 0.3) is 0 Å². The maximum atomic E-state index is 6.47. The Morgan fingerprint density at radius 3 is 2.68 bits per heavy atom. The zero-order valence-corrected chi connectivity index (χ0v) is 11.6. The predicted molar refractivity (Wildman–Crippen MR) is 80.0 cm³/mol.